The van der Waals surface area contributed by atoms with Crippen molar-refractivity contribution in [1.82, 2.24) is 46.8 Å². The molecule has 0 aromatic carbocycles. The van der Waals surface area contributed by atoms with Crippen molar-refractivity contribution in [2.24, 2.45) is 5.92 Å². The third kappa shape index (κ3) is 5.62. The summed E-state index contributed by atoms with van der Waals surface area (Å²) in [5, 5.41) is 31.1. The SMILES string of the molecule is CCC(C)C(NC(=O)O)C(=O)NCC(=O)N1C(=O)NCC1C(=O)NCc1nn[nH]n1. The molecule has 3 unspecified atom stereocenters. The van der Waals surface area contributed by atoms with Crippen molar-refractivity contribution in [3.8, 4) is 0 Å². The molecule has 2 rings (SSSR count). The largest absolute Gasteiger partial charge is 0.465 e. The summed E-state index contributed by atoms with van der Waals surface area (Å²) in [6, 6.07) is -2.98. The molecule has 2 heterocycles. The number of tetrazole rings is 1. The van der Waals surface area contributed by atoms with Gasteiger partial charge in [-0.25, -0.2) is 14.5 Å². The van der Waals surface area contributed by atoms with E-state index in [0.717, 1.165) is 0 Å². The van der Waals surface area contributed by atoms with Gasteiger partial charge < -0.3 is 26.4 Å². The van der Waals surface area contributed by atoms with E-state index in [1.165, 1.54) is 0 Å². The summed E-state index contributed by atoms with van der Waals surface area (Å²) in [5.74, 6) is -2.26. The topological polar surface area (TPSA) is 211 Å². The Morgan fingerprint density at radius 1 is 1.30 bits per heavy atom. The summed E-state index contributed by atoms with van der Waals surface area (Å²) in [7, 11) is 0. The van der Waals surface area contributed by atoms with Crippen LogP contribution in [0.25, 0.3) is 0 Å². The highest BCUT2D eigenvalue weighted by Gasteiger charge is 2.40. The molecule has 0 radical (unpaired) electrons. The standard InChI is InChI=1S/C15H23N9O6/c1-3-7(2)11(19-15(29)30)13(27)17-6-10(25)24-8(4-18-14(24)28)12(26)16-5-9-20-22-23-21-9/h7-8,11,19H,3-6H2,1-2H3,(H,16,26)(H,17,27)(H,18,28)(H,29,30)(H,20,21,22,23). The fourth-order valence-electron chi connectivity index (χ4n) is 2.73. The summed E-state index contributed by atoms with van der Waals surface area (Å²) in [5.41, 5.74) is 0. The van der Waals surface area contributed by atoms with Gasteiger partial charge in [0, 0.05) is 6.54 Å². The predicted octanol–water partition coefficient (Wildman–Crippen LogP) is -2.47. The molecule has 0 spiro atoms. The quantitative estimate of drug-likeness (QED) is 0.247. The lowest BCUT2D eigenvalue weighted by molar-refractivity contribution is -0.136. The molecule has 6 amide bonds. The molecule has 1 aliphatic heterocycles. The Kier molecular flexibility index (Phi) is 7.60. The molecule has 0 aliphatic carbocycles. The van der Waals surface area contributed by atoms with Gasteiger partial charge in [0.15, 0.2) is 5.82 Å². The van der Waals surface area contributed by atoms with Gasteiger partial charge in [0.2, 0.25) is 11.8 Å². The summed E-state index contributed by atoms with van der Waals surface area (Å²) < 4.78 is 0. The van der Waals surface area contributed by atoms with E-state index in [2.05, 4.69) is 41.9 Å². The number of urea groups is 1. The van der Waals surface area contributed by atoms with Gasteiger partial charge in [-0.05, 0) is 5.92 Å². The van der Waals surface area contributed by atoms with E-state index in [9.17, 15) is 24.0 Å². The van der Waals surface area contributed by atoms with E-state index in [4.69, 9.17) is 5.11 Å². The summed E-state index contributed by atoms with van der Waals surface area (Å²) in [6.45, 7) is 2.71. The Morgan fingerprint density at radius 2 is 2.03 bits per heavy atom. The van der Waals surface area contributed by atoms with Crippen LogP contribution in [0.2, 0.25) is 0 Å². The Labute approximate surface area is 170 Å². The second-order valence-corrected chi connectivity index (χ2v) is 6.54. The Balaban J connectivity index is 1.95. The van der Waals surface area contributed by atoms with Crippen molar-refractivity contribution in [1.29, 1.82) is 0 Å². The fraction of sp³-hybridized carbons (Fsp3) is 0.600. The second-order valence-electron chi connectivity index (χ2n) is 6.54. The minimum atomic E-state index is -1.38. The lowest BCUT2D eigenvalue weighted by Crippen LogP contribution is -2.54. The van der Waals surface area contributed by atoms with Gasteiger partial charge in [-0.1, -0.05) is 25.5 Å². The molecule has 1 aromatic rings. The number of nitrogens with one attached hydrogen (secondary N) is 5. The zero-order valence-corrected chi connectivity index (χ0v) is 16.3. The van der Waals surface area contributed by atoms with Gasteiger partial charge in [0.1, 0.15) is 12.1 Å². The lowest BCUT2D eigenvalue weighted by atomic mass is 9.98. The first-order chi connectivity index (χ1) is 14.2. The van der Waals surface area contributed by atoms with Crippen LogP contribution in [-0.4, -0.2) is 85.6 Å². The van der Waals surface area contributed by atoms with E-state index in [1.54, 1.807) is 13.8 Å². The first-order valence-corrected chi connectivity index (χ1v) is 9.11. The van der Waals surface area contributed by atoms with Gasteiger partial charge in [0.25, 0.3) is 5.91 Å². The maximum absolute atomic E-state index is 12.5. The Bertz CT molecular complexity index is 799. The molecule has 15 nitrogen and oxygen atoms in total. The first-order valence-electron chi connectivity index (χ1n) is 9.11. The van der Waals surface area contributed by atoms with Crippen molar-refractivity contribution in [3.63, 3.8) is 0 Å². The number of imide groups is 1. The zero-order chi connectivity index (χ0) is 22.3. The Hall–Kier alpha value is -3.78. The van der Waals surface area contributed by atoms with Crippen LogP contribution in [0.3, 0.4) is 0 Å². The zero-order valence-electron chi connectivity index (χ0n) is 16.3. The smallest absolute Gasteiger partial charge is 0.405 e. The molecule has 0 saturated carbocycles. The van der Waals surface area contributed by atoms with Gasteiger partial charge >= 0.3 is 12.1 Å². The van der Waals surface area contributed by atoms with E-state index in [-0.39, 0.29) is 24.8 Å². The molecular formula is C15H23N9O6. The molecule has 30 heavy (non-hydrogen) atoms. The monoisotopic (exact) mass is 425 g/mol. The highest BCUT2D eigenvalue weighted by atomic mass is 16.4. The van der Waals surface area contributed by atoms with Crippen LogP contribution in [0.1, 0.15) is 26.1 Å². The molecule has 1 aromatic heterocycles. The van der Waals surface area contributed by atoms with E-state index >= 15 is 0 Å². The maximum Gasteiger partial charge on any atom is 0.405 e. The van der Waals surface area contributed by atoms with Crippen LogP contribution in [0.15, 0.2) is 0 Å². The Morgan fingerprint density at radius 3 is 2.63 bits per heavy atom. The van der Waals surface area contributed by atoms with Crippen LogP contribution in [0.5, 0.6) is 0 Å². The van der Waals surface area contributed by atoms with Crippen LogP contribution in [-0.2, 0) is 20.9 Å². The molecule has 6 N–H and O–H groups in total. The minimum absolute atomic E-state index is 0.0593. The van der Waals surface area contributed by atoms with Crippen LogP contribution >= 0.6 is 0 Å². The first kappa shape index (κ1) is 22.5. The van der Waals surface area contributed by atoms with Crippen LogP contribution in [0.4, 0.5) is 9.59 Å². The molecule has 164 valence electrons. The number of carboxylic acid groups (broad SMARTS) is 1. The summed E-state index contributed by atoms with van der Waals surface area (Å²) >= 11 is 0. The molecular weight excluding hydrogens is 402 g/mol. The number of hydrogen-bond acceptors (Lipinski definition) is 8. The molecule has 1 aliphatic rings. The third-order valence-electron chi connectivity index (χ3n) is 4.55. The highest BCUT2D eigenvalue weighted by molar-refractivity contribution is 6.03. The van der Waals surface area contributed by atoms with Crippen LogP contribution in [0, 0.1) is 5.92 Å². The minimum Gasteiger partial charge on any atom is -0.465 e. The van der Waals surface area contributed by atoms with Gasteiger partial charge in [-0.15, -0.1) is 10.2 Å². The lowest BCUT2D eigenvalue weighted by Gasteiger charge is -2.23. The van der Waals surface area contributed by atoms with E-state index < -0.39 is 48.5 Å². The van der Waals surface area contributed by atoms with Crippen molar-refractivity contribution in [3.05, 3.63) is 5.82 Å². The molecule has 1 fully saturated rings. The molecule has 0 bridgehead atoms. The molecule has 15 heteroatoms. The van der Waals surface area contributed by atoms with Crippen molar-refractivity contribution < 1.29 is 29.1 Å². The summed E-state index contributed by atoms with van der Waals surface area (Å²) in [6.07, 6.45) is -0.859. The number of aromatic amines is 1. The maximum atomic E-state index is 12.5. The number of aromatic nitrogens is 4. The van der Waals surface area contributed by atoms with Crippen molar-refractivity contribution in [2.75, 3.05) is 13.1 Å². The number of carbonyl (C=O) groups is 5. The average Bonchev–Trinajstić information content (AvgIpc) is 3.37. The van der Waals surface area contributed by atoms with Gasteiger partial charge in [-0.3, -0.25) is 14.4 Å². The summed E-state index contributed by atoms with van der Waals surface area (Å²) in [4.78, 5) is 60.8. The van der Waals surface area contributed by atoms with Crippen LogP contribution < -0.4 is 21.3 Å². The van der Waals surface area contributed by atoms with E-state index in [0.29, 0.717) is 11.3 Å². The molecule has 3 atom stereocenters. The third-order valence-corrected chi connectivity index (χ3v) is 4.55. The number of nitrogens with zero attached hydrogens (tertiary/aromatic N) is 4. The van der Waals surface area contributed by atoms with Gasteiger partial charge in [-0.2, -0.15) is 5.21 Å². The number of hydrogen-bond donors (Lipinski definition) is 6. The average molecular weight is 425 g/mol. The number of carbonyl (C=O) groups excluding carboxylic acids is 4. The number of rotatable bonds is 9. The number of H-pyrrole nitrogens is 1. The van der Waals surface area contributed by atoms with E-state index in [1.807, 2.05) is 0 Å². The highest BCUT2D eigenvalue weighted by Crippen LogP contribution is 2.10. The predicted molar refractivity (Wildman–Crippen MR) is 97.5 cm³/mol. The van der Waals surface area contributed by atoms with Gasteiger partial charge in [0.05, 0.1) is 13.1 Å². The molecule has 1 saturated heterocycles. The normalized spacial score (nSPS) is 17.6. The fourth-order valence-corrected chi connectivity index (χ4v) is 2.73. The van der Waals surface area contributed by atoms with Crippen molar-refractivity contribution >= 4 is 29.8 Å². The van der Waals surface area contributed by atoms with Crippen molar-refractivity contribution in [2.45, 2.75) is 38.9 Å². The second kappa shape index (κ2) is 10.1. The number of amides is 6.